The highest BCUT2D eigenvalue weighted by Crippen LogP contribution is 2.37. The van der Waals surface area contributed by atoms with Gasteiger partial charge in [-0.1, -0.05) is 140 Å². The van der Waals surface area contributed by atoms with E-state index in [1.807, 2.05) is 18.2 Å². The molecule has 0 N–H and O–H groups in total. The number of benzene rings is 8. The van der Waals surface area contributed by atoms with Crippen molar-refractivity contribution in [1.82, 2.24) is 19.5 Å². The lowest BCUT2D eigenvalue weighted by Crippen LogP contribution is -2.01. The van der Waals surface area contributed by atoms with Crippen molar-refractivity contribution >= 4 is 54.1 Å². The first kappa shape index (κ1) is 27.5. The molecule has 0 radical (unpaired) electrons. The minimum atomic E-state index is 0.651. The average Bonchev–Trinajstić information content (AvgIpc) is 3.49. The van der Waals surface area contributed by atoms with Gasteiger partial charge in [-0.15, -0.1) is 0 Å². The maximum Gasteiger partial charge on any atom is 0.164 e. The molecule has 0 unspecified atom stereocenters. The van der Waals surface area contributed by atoms with Gasteiger partial charge < -0.3 is 4.57 Å². The molecule has 0 saturated heterocycles. The number of rotatable bonds is 4. The molecule has 49 heavy (non-hydrogen) atoms. The van der Waals surface area contributed by atoms with E-state index in [1.165, 1.54) is 32.6 Å². The quantitative estimate of drug-likeness (QED) is 0.196. The van der Waals surface area contributed by atoms with Crippen molar-refractivity contribution in [3.8, 4) is 39.9 Å². The van der Waals surface area contributed by atoms with Crippen molar-refractivity contribution in [3.63, 3.8) is 0 Å². The van der Waals surface area contributed by atoms with Crippen molar-refractivity contribution < 1.29 is 0 Å². The molecule has 10 aromatic rings. The normalized spacial score (nSPS) is 11.7. The standard InChI is InChI=1S/C45H28N4/c1-2-13-30(14-3-1)43-46-44(38-21-10-17-29-12-6-7-19-35(29)38)48-45(47-43)39-22-11-18-33-26-34(24-25-36(33)39)49-41-23-9-8-20-37(41)40-27-31-15-4-5-16-32(31)28-42(40)49/h1-28H. The fraction of sp³-hybridized carbons (Fsp3) is 0. The van der Waals surface area contributed by atoms with Crippen LogP contribution >= 0.6 is 0 Å². The summed E-state index contributed by atoms with van der Waals surface area (Å²) in [4.78, 5) is 15.3. The van der Waals surface area contributed by atoms with Gasteiger partial charge in [0.25, 0.3) is 0 Å². The topological polar surface area (TPSA) is 43.6 Å². The zero-order chi connectivity index (χ0) is 32.3. The summed E-state index contributed by atoms with van der Waals surface area (Å²) in [6.07, 6.45) is 0. The van der Waals surface area contributed by atoms with Gasteiger partial charge in [-0.2, -0.15) is 0 Å². The lowest BCUT2D eigenvalue weighted by molar-refractivity contribution is 1.08. The van der Waals surface area contributed by atoms with E-state index in [2.05, 4.69) is 156 Å². The van der Waals surface area contributed by atoms with Gasteiger partial charge in [-0.05, 0) is 62.6 Å². The summed E-state index contributed by atoms with van der Waals surface area (Å²) in [5, 5.41) is 9.45. The summed E-state index contributed by atoms with van der Waals surface area (Å²) < 4.78 is 2.39. The van der Waals surface area contributed by atoms with Crippen LogP contribution in [0.3, 0.4) is 0 Å². The minimum absolute atomic E-state index is 0.651. The molecule has 0 fully saturated rings. The lowest BCUT2D eigenvalue weighted by Gasteiger charge is -2.13. The molecule has 0 spiro atoms. The minimum Gasteiger partial charge on any atom is -0.309 e. The van der Waals surface area contributed by atoms with Crippen molar-refractivity contribution in [2.45, 2.75) is 0 Å². The van der Waals surface area contributed by atoms with Crippen LogP contribution < -0.4 is 0 Å². The van der Waals surface area contributed by atoms with Crippen LogP contribution in [0.15, 0.2) is 170 Å². The third-order valence-corrected chi connectivity index (χ3v) is 9.60. The number of para-hydroxylation sites is 1. The molecule has 2 heterocycles. The van der Waals surface area contributed by atoms with Crippen LogP contribution in [0.25, 0.3) is 94.0 Å². The van der Waals surface area contributed by atoms with E-state index in [4.69, 9.17) is 15.0 Å². The zero-order valence-corrected chi connectivity index (χ0v) is 26.5. The average molecular weight is 625 g/mol. The van der Waals surface area contributed by atoms with E-state index in [0.717, 1.165) is 43.9 Å². The SMILES string of the molecule is c1ccc(-c2nc(-c3cccc4ccccc34)nc(-c3cccc4cc(-n5c6ccccc6c6cc7ccccc7cc65)ccc34)n2)cc1. The molecule has 10 rings (SSSR count). The van der Waals surface area contributed by atoms with Gasteiger partial charge in [0.2, 0.25) is 0 Å². The van der Waals surface area contributed by atoms with Crippen LogP contribution in [-0.4, -0.2) is 19.5 Å². The van der Waals surface area contributed by atoms with E-state index in [-0.39, 0.29) is 0 Å². The summed E-state index contributed by atoms with van der Waals surface area (Å²) in [5.41, 5.74) is 6.41. The van der Waals surface area contributed by atoms with Crippen LogP contribution in [0.5, 0.6) is 0 Å². The Bertz CT molecular complexity index is 2880. The van der Waals surface area contributed by atoms with Gasteiger partial charge in [0, 0.05) is 33.2 Å². The van der Waals surface area contributed by atoms with Crippen LogP contribution in [0.1, 0.15) is 0 Å². The molecule has 0 atom stereocenters. The molecule has 228 valence electrons. The fourth-order valence-electron chi connectivity index (χ4n) is 7.29. The number of aromatic nitrogens is 4. The maximum atomic E-state index is 5.16. The third kappa shape index (κ3) is 4.49. The number of fused-ring (bicyclic) bond motifs is 6. The summed E-state index contributed by atoms with van der Waals surface area (Å²) in [6.45, 7) is 0. The number of hydrogen-bond acceptors (Lipinski definition) is 3. The van der Waals surface area contributed by atoms with E-state index < -0.39 is 0 Å². The molecule has 0 aliphatic carbocycles. The Kier molecular flexibility index (Phi) is 6.15. The van der Waals surface area contributed by atoms with E-state index in [1.54, 1.807) is 0 Å². The summed E-state index contributed by atoms with van der Waals surface area (Å²) in [7, 11) is 0. The third-order valence-electron chi connectivity index (χ3n) is 9.60. The number of nitrogens with zero attached hydrogens (tertiary/aromatic N) is 4. The first-order chi connectivity index (χ1) is 24.3. The Morgan fingerprint density at radius 2 is 0.898 bits per heavy atom. The Morgan fingerprint density at radius 3 is 1.67 bits per heavy atom. The van der Waals surface area contributed by atoms with Crippen LogP contribution in [0, 0.1) is 0 Å². The summed E-state index contributed by atoms with van der Waals surface area (Å²) in [5.74, 6) is 1.96. The number of hydrogen-bond donors (Lipinski definition) is 0. The molecule has 0 aliphatic heterocycles. The van der Waals surface area contributed by atoms with E-state index in [9.17, 15) is 0 Å². The van der Waals surface area contributed by atoms with Crippen LogP contribution in [0.2, 0.25) is 0 Å². The molecule has 0 amide bonds. The fourth-order valence-corrected chi connectivity index (χ4v) is 7.29. The van der Waals surface area contributed by atoms with Crippen molar-refractivity contribution in [1.29, 1.82) is 0 Å². The molecule has 0 bridgehead atoms. The van der Waals surface area contributed by atoms with Crippen molar-refractivity contribution in [3.05, 3.63) is 170 Å². The highest BCUT2D eigenvalue weighted by atomic mass is 15.0. The first-order valence-corrected chi connectivity index (χ1v) is 16.5. The molecule has 2 aromatic heterocycles. The van der Waals surface area contributed by atoms with Crippen molar-refractivity contribution in [2.24, 2.45) is 0 Å². The maximum absolute atomic E-state index is 5.16. The molecule has 8 aromatic carbocycles. The first-order valence-electron chi connectivity index (χ1n) is 16.5. The second kappa shape index (κ2) is 11.0. The van der Waals surface area contributed by atoms with E-state index in [0.29, 0.717) is 17.5 Å². The van der Waals surface area contributed by atoms with Gasteiger partial charge in [0.1, 0.15) is 0 Å². The molecule has 0 aliphatic rings. The summed E-state index contributed by atoms with van der Waals surface area (Å²) in [6, 6.07) is 59.9. The van der Waals surface area contributed by atoms with Crippen molar-refractivity contribution in [2.75, 3.05) is 0 Å². The van der Waals surface area contributed by atoms with Crippen LogP contribution in [0.4, 0.5) is 0 Å². The molecule has 4 nitrogen and oxygen atoms in total. The predicted molar refractivity (Wildman–Crippen MR) is 203 cm³/mol. The van der Waals surface area contributed by atoms with Gasteiger partial charge >= 0.3 is 0 Å². The molecule has 4 heteroatoms. The van der Waals surface area contributed by atoms with Gasteiger partial charge in [-0.25, -0.2) is 15.0 Å². The summed E-state index contributed by atoms with van der Waals surface area (Å²) >= 11 is 0. The largest absolute Gasteiger partial charge is 0.309 e. The second-order valence-corrected chi connectivity index (χ2v) is 12.5. The highest BCUT2D eigenvalue weighted by Gasteiger charge is 2.17. The Hall–Kier alpha value is -6.65. The molecule has 0 saturated carbocycles. The monoisotopic (exact) mass is 624 g/mol. The van der Waals surface area contributed by atoms with Gasteiger partial charge in [0.15, 0.2) is 17.5 Å². The van der Waals surface area contributed by atoms with E-state index >= 15 is 0 Å². The lowest BCUT2D eigenvalue weighted by atomic mass is 10.0. The highest BCUT2D eigenvalue weighted by molar-refractivity contribution is 6.14. The zero-order valence-electron chi connectivity index (χ0n) is 26.5. The Labute approximate surface area is 282 Å². The van der Waals surface area contributed by atoms with Crippen LogP contribution in [-0.2, 0) is 0 Å². The molecular weight excluding hydrogens is 597 g/mol. The molecular formula is C45H28N4. The van der Waals surface area contributed by atoms with Gasteiger partial charge in [0.05, 0.1) is 11.0 Å². The Morgan fingerprint density at radius 1 is 0.327 bits per heavy atom. The van der Waals surface area contributed by atoms with Gasteiger partial charge in [-0.3, -0.25) is 0 Å². The Balaban J connectivity index is 1.18. The smallest absolute Gasteiger partial charge is 0.164 e. The second-order valence-electron chi connectivity index (χ2n) is 12.5. The predicted octanol–water partition coefficient (Wildman–Crippen LogP) is 11.4.